The predicted octanol–water partition coefficient (Wildman–Crippen LogP) is 1.52. The van der Waals surface area contributed by atoms with Crippen LogP contribution in [0.15, 0.2) is 12.1 Å². The Balaban J connectivity index is 2.27. The topological polar surface area (TPSA) is 44.5 Å². The predicted molar refractivity (Wildman–Crippen MR) is 59.6 cm³/mol. The minimum Gasteiger partial charge on any atom is -0.496 e. The third-order valence-corrected chi connectivity index (χ3v) is 2.74. The third-order valence-electron chi connectivity index (χ3n) is 2.74. The second-order valence-corrected chi connectivity index (χ2v) is 3.76. The Bertz CT molecular complexity index is 350. The minimum absolute atomic E-state index is 0.719. The highest BCUT2D eigenvalue weighted by molar-refractivity contribution is 5.48. The van der Waals surface area contributed by atoms with E-state index in [1.807, 2.05) is 6.07 Å². The minimum atomic E-state index is 0.719. The van der Waals surface area contributed by atoms with E-state index in [9.17, 15) is 0 Å². The highest BCUT2D eigenvalue weighted by atomic mass is 16.5. The summed E-state index contributed by atoms with van der Waals surface area (Å²) in [5.41, 5.74) is 8.05. The fourth-order valence-electron chi connectivity index (χ4n) is 1.94. The van der Waals surface area contributed by atoms with Gasteiger partial charge in [-0.05, 0) is 36.6 Å². The van der Waals surface area contributed by atoms with E-state index in [2.05, 4.69) is 6.07 Å². The molecule has 2 rings (SSSR count). The molecule has 0 atom stereocenters. The SMILES string of the molecule is COc1cc2c(cc1CCCN)CCO2. The number of nitrogens with two attached hydrogens (primary N) is 1. The van der Waals surface area contributed by atoms with Crippen LogP contribution in [0.25, 0.3) is 0 Å². The van der Waals surface area contributed by atoms with E-state index in [0.29, 0.717) is 0 Å². The molecule has 1 aliphatic heterocycles. The van der Waals surface area contributed by atoms with Crippen LogP contribution in [-0.4, -0.2) is 20.3 Å². The van der Waals surface area contributed by atoms with E-state index in [1.54, 1.807) is 7.11 Å². The molecule has 0 unspecified atom stereocenters. The second-order valence-electron chi connectivity index (χ2n) is 3.76. The molecule has 0 saturated carbocycles. The fourth-order valence-corrected chi connectivity index (χ4v) is 1.94. The van der Waals surface area contributed by atoms with Gasteiger partial charge in [0, 0.05) is 12.5 Å². The number of rotatable bonds is 4. The van der Waals surface area contributed by atoms with Crippen molar-refractivity contribution >= 4 is 0 Å². The Morgan fingerprint density at radius 1 is 1.47 bits per heavy atom. The number of hydrogen-bond donors (Lipinski definition) is 1. The van der Waals surface area contributed by atoms with E-state index >= 15 is 0 Å². The summed E-state index contributed by atoms with van der Waals surface area (Å²) in [6.07, 6.45) is 2.98. The Morgan fingerprint density at radius 2 is 2.33 bits per heavy atom. The van der Waals surface area contributed by atoms with Gasteiger partial charge in [-0.25, -0.2) is 0 Å². The third kappa shape index (κ3) is 2.07. The number of methoxy groups -OCH3 is 1. The van der Waals surface area contributed by atoms with Crippen LogP contribution in [0.2, 0.25) is 0 Å². The first kappa shape index (κ1) is 10.3. The van der Waals surface area contributed by atoms with Crippen LogP contribution < -0.4 is 15.2 Å². The summed E-state index contributed by atoms with van der Waals surface area (Å²) >= 11 is 0. The number of fused-ring (bicyclic) bond motifs is 1. The van der Waals surface area contributed by atoms with E-state index in [-0.39, 0.29) is 0 Å². The second kappa shape index (κ2) is 4.53. The molecule has 3 heteroatoms. The molecule has 0 radical (unpaired) electrons. The van der Waals surface area contributed by atoms with E-state index < -0.39 is 0 Å². The highest BCUT2D eigenvalue weighted by Crippen LogP contribution is 2.33. The molecule has 15 heavy (non-hydrogen) atoms. The average Bonchev–Trinajstić information content (AvgIpc) is 2.71. The zero-order valence-corrected chi connectivity index (χ0v) is 9.08. The van der Waals surface area contributed by atoms with E-state index in [0.717, 1.165) is 43.9 Å². The van der Waals surface area contributed by atoms with Gasteiger partial charge in [0.2, 0.25) is 0 Å². The molecule has 0 aromatic heterocycles. The molecule has 1 aromatic rings. The van der Waals surface area contributed by atoms with Crippen LogP contribution >= 0.6 is 0 Å². The lowest BCUT2D eigenvalue weighted by Crippen LogP contribution is -2.02. The number of hydrogen-bond acceptors (Lipinski definition) is 3. The maximum Gasteiger partial charge on any atom is 0.126 e. The normalized spacial score (nSPS) is 13.5. The molecule has 0 aliphatic carbocycles. The van der Waals surface area contributed by atoms with Gasteiger partial charge in [0.05, 0.1) is 13.7 Å². The van der Waals surface area contributed by atoms with Crippen molar-refractivity contribution in [3.63, 3.8) is 0 Å². The molecule has 1 aromatic carbocycles. The molecular weight excluding hydrogens is 190 g/mol. The van der Waals surface area contributed by atoms with Crippen molar-refractivity contribution in [1.82, 2.24) is 0 Å². The quantitative estimate of drug-likeness (QED) is 0.814. The van der Waals surface area contributed by atoms with Gasteiger partial charge in [-0.3, -0.25) is 0 Å². The molecule has 0 saturated heterocycles. The molecular formula is C12H17NO2. The summed E-state index contributed by atoms with van der Waals surface area (Å²) in [5.74, 6) is 1.90. The van der Waals surface area contributed by atoms with Crippen molar-refractivity contribution in [2.45, 2.75) is 19.3 Å². The molecule has 2 N–H and O–H groups in total. The van der Waals surface area contributed by atoms with Crippen LogP contribution in [0.4, 0.5) is 0 Å². The van der Waals surface area contributed by atoms with Crippen molar-refractivity contribution in [1.29, 1.82) is 0 Å². The largest absolute Gasteiger partial charge is 0.496 e. The molecule has 0 spiro atoms. The highest BCUT2D eigenvalue weighted by Gasteiger charge is 2.15. The van der Waals surface area contributed by atoms with E-state index in [1.165, 1.54) is 11.1 Å². The zero-order chi connectivity index (χ0) is 10.7. The smallest absolute Gasteiger partial charge is 0.126 e. The first-order valence-corrected chi connectivity index (χ1v) is 5.38. The van der Waals surface area contributed by atoms with Gasteiger partial charge in [-0.15, -0.1) is 0 Å². The molecule has 82 valence electrons. The van der Waals surface area contributed by atoms with Gasteiger partial charge in [0.25, 0.3) is 0 Å². The van der Waals surface area contributed by atoms with Gasteiger partial charge in [-0.2, -0.15) is 0 Å². The first-order valence-electron chi connectivity index (χ1n) is 5.38. The van der Waals surface area contributed by atoms with Crippen LogP contribution in [0.1, 0.15) is 17.5 Å². The monoisotopic (exact) mass is 207 g/mol. The van der Waals surface area contributed by atoms with Gasteiger partial charge < -0.3 is 15.2 Å². The lowest BCUT2D eigenvalue weighted by molar-refractivity contribution is 0.352. The summed E-state index contributed by atoms with van der Waals surface area (Å²) in [4.78, 5) is 0. The summed E-state index contributed by atoms with van der Waals surface area (Å²) in [7, 11) is 1.70. The van der Waals surface area contributed by atoms with Gasteiger partial charge in [0.1, 0.15) is 11.5 Å². The summed E-state index contributed by atoms with van der Waals surface area (Å²) in [6, 6.07) is 4.19. The van der Waals surface area contributed by atoms with Gasteiger partial charge in [-0.1, -0.05) is 0 Å². The lowest BCUT2D eigenvalue weighted by atomic mass is 10.0. The Hall–Kier alpha value is -1.22. The van der Waals surface area contributed by atoms with Crippen LogP contribution in [0, 0.1) is 0 Å². The molecule has 0 bridgehead atoms. The van der Waals surface area contributed by atoms with Crippen LogP contribution in [0.5, 0.6) is 11.5 Å². The summed E-state index contributed by atoms with van der Waals surface area (Å²) in [5, 5.41) is 0. The molecule has 0 amide bonds. The maximum absolute atomic E-state index is 5.52. The molecule has 3 nitrogen and oxygen atoms in total. The Labute approximate surface area is 90.2 Å². The van der Waals surface area contributed by atoms with Gasteiger partial charge in [0.15, 0.2) is 0 Å². The van der Waals surface area contributed by atoms with Crippen molar-refractivity contribution in [3.05, 3.63) is 23.3 Å². The Morgan fingerprint density at radius 3 is 3.07 bits per heavy atom. The van der Waals surface area contributed by atoms with Crippen LogP contribution in [0.3, 0.4) is 0 Å². The number of aryl methyl sites for hydroxylation is 1. The van der Waals surface area contributed by atoms with Crippen LogP contribution in [-0.2, 0) is 12.8 Å². The standard InChI is InChI=1S/C12H17NO2/c1-14-11-8-12-10(4-6-15-12)7-9(11)3-2-5-13/h7-8H,2-6,13H2,1H3. The van der Waals surface area contributed by atoms with Crippen molar-refractivity contribution < 1.29 is 9.47 Å². The number of ether oxygens (including phenoxy) is 2. The number of benzene rings is 1. The zero-order valence-electron chi connectivity index (χ0n) is 9.08. The van der Waals surface area contributed by atoms with Crippen molar-refractivity contribution in [2.24, 2.45) is 5.73 Å². The first-order chi connectivity index (χ1) is 7.35. The summed E-state index contributed by atoms with van der Waals surface area (Å²) < 4.78 is 10.8. The molecule has 1 heterocycles. The lowest BCUT2D eigenvalue weighted by Gasteiger charge is -2.10. The molecule has 0 fully saturated rings. The summed E-state index contributed by atoms with van der Waals surface area (Å²) in [6.45, 7) is 1.51. The Kier molecular flexibility index (Phi) is 3.11. The van der Waals surface area contributed by atoms with Crippen molar-refractivity contribution in [3.8, 4) is 11.5 Å². The van der Waals surface area contributed by atoms with Crippen molar-refractivity contribution in [2.75, 3.05) is 20.3 Å². The average molecular weight is 207 g/mol. The van der Waals surface area contributed by atoms with E-state index in [4.69, 9.17) is 15.2 Å². The molecule has 1 aliphatic rings. The van der Waals surface area contributed by atoms with Gasteiger partial charge >= 0.3 is 0 Å². The fraction of sp³-hybridized carbons (Fsp3) is 0.500. The maximum atomic E-state index is 5.52.